The molecule has 30 heavy (non-hydrogen) atoms. The molecule has 0 spiro atoms. The molecule has 0 bridgehead atoms. The number of amides is 1. The fourth-order valence-electron chi connectivity index (χ4n) is 3.71. The number of anilines is 1. The third-order valence-electron chi connectivity index (χ3n) is 5.62. The lowest BCUT2D eigenvalue weighted by molar-refractivity contribution is -0.122. The summed E-state index contributed by atoms with van der Waals surface area (Å²) in [6, 6.07) is 12.4. The predicted octanol–water partition coefficient (Wildman–Crippen LogP) is 4.91. The van der Waals surface area contributed by atoms with E-state index in [0.717, 1.165) is 42.2 Å². The van der Waals surface area contributed by atoms with Crippen molar-refractivity contribution in [1.82, 2.24) is 10.6 Å². The van der Waals surface area contributed by atoms with E-state index in [1.54, 1.807) is 0 Å². The maximum absolute atomic E-state index is 12.4. The zero-order valence-electron chi connectivity index (χ0n) is 18.6. The van der Waals surface area contributed by atoms with Gasteiger partial charge in [0.05, 0.1) is 16.6 Å². The number of rotatable bonds is 6. The van der Waals surface area contributed by atoms with E-state index in [1.165, 1.54) is 16.7 Å². The Hall–Kier alpha value is -2.04. The quantitative estimate of drug-likeness (QED) is 0.614. The fourth-order valence-corrected chi connectivity index (χ4v) is 3.95. The maximum Gasteiger partial charge on any atom is 0.227 e. The second-order valence-corrected chi connectivity index (χ2v) is 9.81. The van der Waals surface area contributed by atoms with E-state index in [1.807, 2.05) is 13.0 Å². The van der Waals surface area contributed by atoms with Crippen molar-refractivity contribution in [2.24, 2.45) is 5.41 Å². The Morgan fingerprint density at radius 3 is 2.50 bits per heavy atom. The lowest BCUT2D eigenvalue weighted by atomic mass is 9.95. The van der Waals surface area contributed by atoms with E-state index < -0.39 is 0 Å². The summed E-state index contributed by atoms with van der Waals surface area (Å²) in [7, 11) is 0. The number of benzene rings is 2. The average molecular weight is 428 g/mol. The minimum atomic E-state index is -0.166. The van der Waals surface area contributed by atoms with E-state index in [4.69, 9.17) is 11.6 Å². The fraction of sp³-hybridized carbons (Fsp3) is 0.480. The molecule has 3 rings (SSSR count). The van der Waals surface area contributed by atoms with E-state index in [0.29, 0.717) is 13.1 Å². The Kier molecular flexibility index (Phi) is 7.43. The van der Waals surface area contributed by atoms with Gasteiger partial charge in [-0.15, -0.1) is 0 Å². The summed E-state index contributed by atoms with van der Waals surface area (Å²) in [5.41, 5.74) is 6.03. The Morgan fingerprint density at radius 1 is 1.10 bits per heavy atom. The summed E-state index contributed by atoms with van der Waals surface area (Å²) < 4.78 is 0. The molecule has 2 aromatic rings. The first-order chi connectivity index (χ1) is 14.2. The zero-order valence-corrected chi connectivity index (χ0v) is 19.3. The van der Waals surface area contributed by atoms with Gasteiger partial charge in [0.15, 0.2) is 0 Å². The predicted molar refractivity (Wildman–Crippen MR) is 126 cm³/mol. The van der Waals surface area contributed by atoms with Gasteiger partial charge in [0, 0.05) is 13.1 Å². The third-order valence-corrected chi connectivity index (χ3v) is 5.93. The summed E-state index contributed by atoms with van der Waals surface area (Å²) in [5, 5.41) is 10.8. The first-order valence-corrected chi connectivity index (χ1v) is 11.2. The van der Waals surface area contributed by atoms with Gasteiger partial charge in [0.2, 0.25) is 5.91 Å². The first-order valence-electron chi connectivity index (χ1n) is 10.9. The number of carbonyl (C=O) groups is 1. The van der Waals surface area contributed by atoms with Crippen molar-refractivity contribution in [3.05, 3.63) is 63.7 Å². The number of hydrogen-bond donors (Lipinski definition) is 3. The van der Waals surface area contributed by atoms with Crippen LogP contribution < -0.4 is 16.0 Å². The lowest BCUT2D eigenvalue weighted by Gasteiger charge is -2.21. The molecular formula is C25H34ClN3O. The SMILES string of the molecule is CC(C(=O)NCC(C)(C)C)c1ccc(CNc2c(Cl)ccc3c2CCNCC3)cc1. The van der Waals surface area contributed by atoms with Crippen molar-refractivity contribution in [2.45, 2.75) is 53.0 Å². The molecule has 1 aliphatic rings. The number of carbonyl (C=O) groups excluding carboxylic acids is 1. The molecule has 1 heterocycles. The molecular weight excluding hydrogens is 394 g/mol. The standard InChI is InChI=1S/C25H34ClN3O/c1-17(24(30)29-16-25(2,3)4)19-7-5-18(6-8-19)15-28-23-21-12-14-27-13-11-20(21)9-10-22(23)26/h5-10,17,27-28H,11-16H2,1-4H3,(H,29,30). The normalized spacial score (nSPS) is 15.1. The Balaban J connectivity index is 1.64. The highest BCUT2D eigenvalue weighted by Gasteiger charge is 2.18. The smallest absolute Gasteiger partial charge is 0.227 e. The van der Waals surface area contributed by atoms with Crippen LogP contribution in [0, 0.1) is 5.41 Å². The monoisotopic (exact) mass is 427 g/mol. The molecule has 0 saturated carbocycles. The topological polar surface area (TPSA) is 53.2 Å². The van der Waals surface area contributed by atoms with Crippen LogP contribution in [0.1, 0.15) is 55.9 Å². The Bertz CT molecular complexity index is 871. The van der Waals surface area contributed by atoms with Crippen molar-refractivity contribution in [3.63, 3.8) is 0 Å². The van der Waals surface area contributed by atoms with Crippen molar-refractivity contribution in [3.8, 4) is 0 Å². The van der Waals surface area contributed by atoms with Gasteiger partial charge in [-0.2, -0.15) is 0 Å². The van der Waals surface area contributed by atoms with Gasteiger partial charge in [-0.1, -0.05) is 62.7 Å². The van der Waals surface area contributed by atoms with Gasteiger partial charge in [-0.3, -0.25) is 4.79 Å². The molecule has 0 aromatic heterocycles. The van der Waals surface area contributed by atoms with Gasteiger partial charge >= 0.3 is 0 Å². The maximum atomic E-state index is 12.4. The van der Waals surface area contributed by atoms with Crippen molar-refractivity contribution in [2.75, 3.05) is 25.0 Å². The lowest BCUT2D eigenvalue weighted by Crippen LogP contribution is -2.34. The van der Waals surface area contributed by atoms with Crippen molar-refractivity contribution < 1.29 is 4.79 Å². The molecule has 5 heteroatoms. The number of nitrogens with one attached hydrogen (secondary N) is 3. The zero-order chi connectivity index (χ0) is 21.7. The largest absolute Gasteiger partial charge is 0.380 e. The molecule has 1 amide bonds. The second kappa shape index (κ2) is 9.84. The average Bonchev–Trinajstić information content (AvgIpc) is 2.96. The highest BCUT2D eigenvalue weighted by atomic mass is 35.5. The molecule has 4 nitrogen and oxygen atoms in total. The molecule has 0 aliphatic carbocycles. The number of halogens is 1. The van der Waals surface area contributed by atoms with Crippen molar-refractivity contribution in [1.29, 1.82) is 0 Å². The minimum absolute atomic E-state index is 0.0724. The summed E-state index contributed by atoms with van der Waals surface area (Å²) in [5.74, 6) is -0.0932. The minimum Gasteiger partial charge on any atom is -0.380 e. The summed E-state index contributed by atoms with van der Waals surface area (Å²) >= 11 is 6.52. The van der Waals surface area contributed by atoms with E-state index in [9.17, 15) is 4.79 Å². The van der Waals surface area contributed by atoms with Crippen LogP contribution in [-0.2, 0) is 24.2 Å². The van der Waals surface area contributed by atoms with E-state index >= 15 is 0 Å². The molecule has 2 aromatic carbocycles. The molecule has 1 atom stereocenters. The summed E-state index contributed by atoms with van der Waals surface area (Å²) in [4.78, 5) is 12.4. The van der Waals surface area contributed by atoms with Gasteiger partial charge < -0.3 is 16.0 Å². The Labute approximate surface area is 185 Å². The third kappa shape index (κ3) is 5.99. The van der Waals surface area contributed by atoms with Crippen LogP contribution in [0.2, 0.25) is 5.02 Å². The molecule has 3 N–H and O–H groups in total. The van der Waals surface area contributed by atoms with Crippen molar-refractivity contribution >= 4 is 23.2 Å². The van der Waals surface area contributed by atoms with Crippen LogP contribution in [0.25, 0.3) is 0 Å². The van der Waals surface area contributed by atoms with Gasteiger partial charge in [-0.05, 0) is 66.6 Å². The molecule has 0 fully saturated rings. The first kappa shape index (κ1) is 22.6. The molecule has 0 saturated heterocycles. The molecule has 162 valence electrons. The van der Waals surface area contributed by atoms with Crippen LogP contribution in [0.5, 0.6) is 0 Å². The van der Waals surface area contributed by atoms with Gasteiger partial charge in [0.25, 0.3) is 0 Å². The molecule has 1 aliphatic heterocycles. The molecule has 0 radical (unpaired) electrons. The van der Waals surface area contributed by atoms with E-state index in [2.05, 4.69) is 67.1 Å². The molecule has 1 unspecified atom stereocenters. The van der Waals surface area contributed by atoms with Crippen LogP contribution in [0.15, 0.2) is 36.4 Å². The van der Waals surface area contributed by atoms with Crippen LogP contribution in [0.3, 0.4) is 0 Å². The van der Waals surface area contributed by atoms with Crippen LogP contribution in [0.4, 0.5) is 5.69 Å². The second-order valence-electron chi connectivity index (χ2n) is 9.41. The summed E-state index contributed by atoms with van der Waals surface area (Å²) in [6.45, 7) is 11.7. The number of fused-ring (bicyclic) bond motifs is 1. The van der Waals surface area contributed by atoms with Crippen LogP contribution in [-0.4, -0.2) is 25.5 Å². The highest BCUT2D eigenvalue weighted by Crippen LogP contribution is 2.31. The summed E-state index contributed by atoms with van der Waals surface area (Å²) in [6.07, 6.45) is 2.02. The van der Waals surface area contributed by atoms with E-state index in [-0.39, 0.29) is 17.2 Å². The Morgan fingerprint density at radius 2 is 1.80 bits per heavy atom. The number of hydrogen-bond acceptors (Lipinski definition) is 3. The van der Waals surface area contributed by atoms with Gasteiger partial charge in [0.1, 0.15) is 0 Å². The van der Waals surface area contributed by atoms with Crippen LogP contribution >= 0.6 is 11.6 Å². The van der Waals surface area contributed by atoms with Gasteiger partial charge in [-0.25, -0.2) is 0 Å². The highest BCUT2D eigenvalue weighted by molar-refractivity contribution is 6.33.